The quantitative estimate of drug-likeness (QED) is 0.765. The lowest BCUT2D eigenvalue weighted by molar-refractivity contribution is 0.0999. The molecule has 4 rings (SSSR count). The van der Waals surface area contributed by atoms with Crippen molar-refractivity contribution in [2.45, 2.75) is 12.8 Å². The standard InChI is InChI=1S/C19H17FN2O/c20-16-9-15(19(21)23)14-8-11-4-1-2-6-13(11)18(14)17(16)12-5-3-7-22-10-12/h1-2,4-6,9,22H,3,7-8,10H2,(H2,21,23). The van der Waals surface area contributed by atoms with Gasteiger partial charge in [-0.1, -0.05) is 30.3 Å². The maximum atomic E-state index is 14.9. The molecule has 116 valence electrons. The Balaban J connectivity index is 2.04. The first-order valence-corrected chi connectivity index (χ1v) is 7.80. The number of benzene rings is 2. The van der Waals surface area contributed by atoms with Gasteiger partial charge in [0, 0.05) is 17.7 Å². The number of amides is 1. The molecule has 0 unspecified atom stereocenters. The van der Waals surface area contributed by atoms with Crippen LogP contribution < -0.4 is 11.1 Å². The summed E-state index contributed by atoms with van der Waals surface area (Å²) in [6.07, 6.45) is 3.58. The molecule has 23 heavy (non-hydrogen) atoms. The molecule has 0 spiro atoms. The minimum Gasteiger partial charge on any atom is -0.366 e. The summed E-state index contributed by atoms with van der Waals surface area (Å²) < 4.78 is 14.9. The molecule has 1 aliphatic carbocycles. The lowest BCUT2D eigenvalue weighted by Crippen LogP contribution is -2.23. The van der Waals surface area contributed by atoms with E-state index >= 15 is 0 Å². The number of fused-ring (bicyclic) bond motifs is 3. The number of carbonyl (C=O) groups is 1. The van der Waals surface area contributed by atoms with Crippen LogP contribution in [0.15, 0.2) is 36.4 Å². The van der Waals surface area contributed by atoms with Crippen LogP contribution in [-0.2, 0) is 6.42 Å². The van der Waals surface area contributed by atoms with Crippen molar-refractivity contribution in [1.82, 2.24) is 5.32 Å². The second-order valence-electron chi connectivity index (χ2n) is 6.03. The predicted octanol–water partition coefficient (Wildman–Crippen LogP) is 2.87. The Labute approximate surface area is 134 Å². The van der Waals surface area contributed by atoms with E-state index in [1.54, 1.807) is 0 Å². The fraction of sp³-hybridized carbons (Fsp3) is 0.211. The van der Waals surface area contributed by atoms with Crippen molar-refractivity contribution in [3.05, 3.63) is 64.5 Å². The predicted molar refractivity (Wildman–Crippen MR) is 88.6 cm³/mol. The fourth-order valence-electron chi connectivity index (χ4n) is 3.65. The summed E-state index contributed by atoms with van der Waals surface area (Å²) in [5, 5.41) is 3.29. The van der Waals surface area contributed by atoms with Crippen molar-refractivity contribution >= 4 is 11.5 Å². The van der Waals surface area contributed by atoms with Crippen LogP contribution in [0.25, 0.3) is 16.7 Å². The van der Waals surface area contributed by atoms with Gasteiger partial charge in [-0.15, -0.1) is 0 Å². The Bertz CT molecular complexity index is 855. The molecule has 0 bridgehead atoms. The zero-order chi connectivity index (χ0) is 16.0. The number of hydrogen-bond donors (Lipinski definition) is 2. The van der Waals surface area contributed by atoms with Crippen LogP contribution in [-0.4, -0.2) is 19.0 Å². The topological polar surface area (TPSA) is 55.1 Å². The van der Waals surface area contributed by atoms with Gasteiger partial charge in [-0.05, 0) is 53.3 Å². The van der Waals surface area contributed by atoms with Crippen molar-refractivity contribution in [3.63, 3.8) is 0 Å². The van der Waals surface area contributed by atoms with Crippen LogP contribution in [0.2, 0.25) is 0 Å². The maximum absolute atomic E-state index is 14.9. The van der Waals surface area contributed by atoms with Gasteiger partial charge in [0.05, 0.1) is 0 Å². The van der Waals surface area contributed by atoms with Crippen LogP contribution in [0.1, 0.15) is 33.5 Å². The van der Waals surface area contributed by atoms with Gasteiger partial charge in [0.15, 0.2) is 0 Å². The zero-order valence-corrected chi connectivity index (χ0v) is 12.7. The van der Waals surface area contributed by atoms with Crippen LogP contribution in [0.3, 0.4) is 0 Å². The SMILES string of the molecule is NC(=O)c1cc(F)c(C2=CCCNC2)c2c1Cc1ccccc1-2. The monoisotopic (exact) mass is 308 g/mol. The molecule has 2 aromatic carbocycles. The minimum absolute atomic E-state index is 0.293. The van der Waals surface area contributed by atoms with Crippen molar-refractivity contribution in [2.75, 3.05) is 13.1 Å². The molecule has 3 nitrogen and oxygen atoms in total. The van der Waals surface area contributed by atoms with Gasteiger partial charge in [-0.25, -0.2) is 4.39 Å². The summed E-state index contributed by atoms with van der Waals surface area (Å²) in [6, 6.07) is 9.23. The number of rotatable bonds is 2. The number of carbonyl (C=O) groups excluding carboxylic acids is 1. The third-order valence-electron chi connectivity index (χ3n) is 4.65. The number of nitrogens with two attached hydrogens (primary N) is 1. The molecule has 2 aliphatic rings. The van der Waals surface area contributed by atoms with E-state index < -0.39 is 5.91 Å². The maximum Gasteiger partial charge on any atom is 0.249 e. The lowest BCUT2D eigenvalue weighted by Gasteiger charge is -2.20. The number of primary amides is 1. The van der Waals surface area contributed by atoms with E-state index in [-0.39, 0.29) is 5.82 Å². The highest BCUT2D eigenvalue weighted by atomic mass is 19.1. The first-order chi connectivity index (χ1) is 11.2. The zero-order valence-electron chi connectivity index (χ0n) is 12.7. The molecule has 0 aromatic heterocycles. The number of hydrogen-bond acceptors (Lipinski definition) is 2. The molecule has 1 amide bonds. The molecule has 1 aliphatic heterocycles. The molecule has 0 radical (unpaired) electrons. The second kappa shape index (κ2) is 5.32. The molecule has 1 heterocycles. The summed E-state index contributed by atoms with van der Waals surface area (Å²) in [5.41, 5.74) is 11.2. The number of nitrogens with one attached hydrogen (secondary N) is 1. The Morgan fingerprint density at radius 3 is 2.78 bits per heavy atom. The average molecular weight is 308 g/mol. The molecule has 0 saturated carbocycles. The first-order valence-electron chi connectivity index (χ1n) is 7.80. The van der Waals surface area contributed by atoms with Crippen LogP contribution >= 0.6 is 0 Å². The smallest absolute Gasteiger partial charge is 0.249 e. The highest BCUT2D eigenvalue weighted by Crippen LogP contribution is 2.44. The number of halogens is 1. The van der Waals surface area contributed by atoms with Crippen molar-refractivity contribution in [3.8, 4) is 11.1 Å². The van der Waals surface area contributed by atoms with E-state index in [4.69, 9.17) is 5.73 Å². The molecule has 0 saturated heterocycles. The largest absolute Gasteiger partial charge is 0.366 e. The first kappa shape index (κ1) is 14.2. The van der Waals surface area contributed by atoms with E-state index in [9.17, 15) is 9.18 Å². The van der Waals surface area contributed by atoms with Crippen molar-refractivity contribution in [1.29, 1.82) is 0 Å². The van der Waals surface area contributed by atoms with Crippen LogP contribution in [0.4, 0.5) is 4.39 Å². The van der Waals surface area contributed by atoms with Gasteiger partial charge in [-0.3, -0.25) is 4.79 Å². The van der Waals surface area contributed by atoms with E-state index in [0.29, 0.717) is 24.1 Å². The van der Waals surface area contributed by atoms with E-state index in [2.05, 4.69) is 11.4 Å². The molecule has 3 N–H and O–H groups in total. The van der Waals surface area contributed by atoms with E-state index in [0.717, 1.165) is 40.8 Å². The third kappa shape index (κ3) is 2.18. The molecule has 0 atom stereocenters. The van der Waals surface area contributed by atoms with Gasteiger partial charge < -0.3 is 11.1 Å². The normalized spacial score (nSPS) is 15.8. The summed E-state index contributed by atoms with van der Waals surface area (Å²) in [5.74, 6) is -0.945. The van der Waals surface area contributed by atoms with Gasteiger partial charge >= 0.3 is 0 Å². The molecule has 4 heteroatoms. The molecule has 2 aromatic rings. The van der Waals surface area contributed by atoms with Crippen LogP contribution in [0, 0.1) is 5.82 Å². The highest BCUT2D eigenvalue weighted by molar-refractivity contribution is 6.00. The van der Waals surface area contributed by atoms with Crippen LogP contribution in [0.5, 0.6) is 0 Å². The summed E-state index contributed by atoms with van der Waals surface area (Å²) >= 11 is 0. The van der Waals surface area contributed by atoms with Gasteiger partial charge in [-0.2, -0.15) is 0 Å². The Morgan fingerprint density at radius 1 is 1.22 bits per heavy atom. The highest BCUT2D eigenvalue weighted by Gasteiger charge is 2.29. The van der Waals surface area contributed by atoms with E-state index in [1.807, 2.05) is 24.3 Å². The molecular weight excluding hydrogens is 291 g/mol. The Morgan fingerprint density at radius 2 is 2.04 bits per heavy atom. The third-order valence-corrected chi connectivity index (χ3v) is 4.65. The summed E-state index contributed by atoms with van der Waals surface area (Å²) in [6.45, 7) is 1.55. The van der Waals surface area contributed by atoms with E-state index in [1.165, 1.54) is 6.07 Å². The van der Waals surface area contributed by atoms with Gasteiger partial charge in [0.1, 0.15) is 5.82 Å². The van der Waals surface area contributed by atoms with Gasteiger partial charge in [0.25, 0.3) is 0 Å². The van der Waals surface area contributed by atoms with Crippen molar-refractivity contribution < 1.29 is 9.18 Å². The Kier molecular flexibility index (Phi) is 3.27. The minimum atomic E-state index is -0.574. The average Bonchev–Trinajstić information content (AvgIpc) is 2.94. The Hall–Kier alpha value is -2.46. The van der Waals surface area contributed by atoms with Gasteiger partial charge in [0.2, 0.25) is 5.91 Å². The molecule has 0 fully saturated rings. The lowest BCUT2D eigenvalue weighted by atomic mass is 9.89. The van der Waals surface area contributed by atoms with Crippen molar-refractivity contribution in [2.24, 2.45) is 5.73 Å². The molecular formula is C19H17FN2O. The summed E-state index contributed by atoms with van der Waals surface area (Å²) in [4.78, 5) is 11.8. The fourth-order valence-corrected chi connectivity index (χ4v) is 3.65. The second-order valence-corrected chi connectivity index (χ2v) is 6.03. The summed E-state index contributed by atoms with van der Waals surface area (Å²) in [7, 11) is 0.